The van der Waals surface area contributed by atoms with Crippen molar-refractivity contribution in [2.45, 2.75) is 32.6 Å². The summed E-state index contributed by atoms with van der Waals surface area (Å²) in [6.45, 7) is 3.66. The van der Waals surface area contributed by atoms with Crippen molar-refractivity contribution in [3.63, 3.8) is 0 Å². The molecule has 1 fully saturated rings. The van der Waals surface area contributed by atoms with Crippen LogP contribution in [0, 0.1) is 6.92 Å². The molecular weight excluding hydrogens is 204 g/mol. The molecule has 0 bridgehead atoms. The lowest BCUT2D eigenvalue weighted by atomic mass is 10.1. The number of rotatable bonds is 2. The molecular formula is C11H18N4O. The van der Waals surface area contributed by atoms with Gasteiger partial charge in [-0.2, -0.15) is 5.10 Å². The number of carbonyl (C=O) groups is 1. The van der Waals surface area contributed by atoms with Gasteiger partial charge in [0.1, 0.15) is 5.82 Å². The summed E-state index contributed by atoms with van der Waals surface area (Å²) < 4.78 is 0. The van der Waals surface area contributed by atoms with Crippen LogP contribution >= 0.6 is 0 Å². The van der Waals surface area contributed by atoms with Gasteiger partial charge in [0.05, 0.1) is 6.42 Å². The molecule has 2 heterocycles. The van der Waals surface area contributed by atoms with Crippen LogP contribution in [0.5, 0.6) is 0 Å². The van der Waals surface area contributed by atoms with E-state index in [1.165, 1.54) is 6.42 Å². The Morgan fingerprint density at radius 2 is 2.12 bits per heavy atom. The molecule has 1 saturated heterocycles. The third-order valence-electron chi connectivity index (χ3n) is 3.14. The lowest BCUT2D eigenvalue weighted by Crippen LogP contribution is -2.36. The molecule has 5 nitrogen and oxygen atoms in total. The van der Waals surface area contributed by atoms with E-state index in [2.05, 4.69) is 10.2 Å². The van der Waals surface area contributed by atoms with E-state index in [1.54, 1.807) is 0 Å². The fourth-order valence-electron chi connectivity index (χ4n) is 2.10. The minimum atomic E-state index is 0.163. The number of aryl methyl sites for hydroxylation is 1. The van der Waals surface area contributed by atoms with Gasteiger partial charge >= 0.3 is 0 Å². The SMILES string of the molecule is Cc1[nH]nc(N)c1CC(=O)N1CCCCC1. The molecule has 1 aromatic rings. The van der Waals surface area contributed by atoms with E-state index in [1.807, 2.05) is 11.8 Å². The Bertz CT molecular complexity index is 360. The molecule has 1 aliphatic heterocycles. The Hall–Kier alpha value is -1.52. The normalized spacial score (nSPS) is 16.4. The van der Waals surface area contributed by atoms with Crippen molar-refractivity contribution < 1.29 is 4.79 Å². The van der Waals surface area contributed by atoms with E-state index in [0.29, 0.717) is 12.2 Å². The summed E-state index contributed by atoms with van der Waals surface area (Å²) in [5.41, 5.74) is 7.44. The molecule has 0 aromatic carbocycles. The number of aromatic nitrogens is 2. The number of amides is 1. The maximum atomic E-state index is 12.0. The van der Waals surface area contributed by atoms with Gasteiger partial charge in [0.25, 0.3) is 0 Å². The van der Waals surface area contributed by atoms with Gasteiger partial charge in [-0.25, -0.2) is 0 Å². The van der Waals surface area contributed by atoms with E-state index in [4.69, 9.17) is 5.73 Å². The van der Waals surface area contributed by atoms with Crippen molar-refractivity contribution >= 4 is 11.7 Å². The van der Waals surface area contributed by atoms with E-state index in [-0.39, 0.29) is 5.91 Å². The highest BCUT2D eigenvalue weighted by molar-refractivity contribution is 5.80. The highest BCUT2D eigenvalue weighted by Gasteiger charge is 2.19. The molecule has 1 aromatic heterocycles. The molecule has 3 N–H and O–H groups in total. The van der Waals surface area contributed by atoms with E-state index in [9.17, 15) is 4.79 Å². The summed E-state index contributed by atoms with van der Waals surface area (Å²) >= 11 is 0. The quantitative estimate of drug-likeness (QED) is 0.779. The summed E-state index contributed by atoms with van der Waals surface area (Å²) in [4.78, 5) is 13.9. The fraction of sp³-hybridized carbons (Fsp3) is 0.636. The molecule has 1 amide bonds. The molecule has 0 atom stereocenters. The number of H-pyrrole nitrogens is 1. The number of nitrogens with one attached hydrogen (secondary N) is 1. The Labute approximate surface area is 95.0 Å². The number of anilines is 1. The average molecular weight is 222 g/mol. The Morgan fingerprint density at radius 3 is 2.69 bits per heavy atom. The van der Waals surface area contributed by atoms with Crippen LogP contribution < -0.4 is 5.73 Å². The Kier molecular flexibility index (Phi) is 3.12. The van der Waals surface area contributed by atoms with E-state index >= 15 is 0 Å². The third kappa shape index (κ3) is 2.18. The molecule has 0 unspecified atom stereocenters. The van der Waals surface area contributed by atoms with Gasteiger partial charge < -0.3 is 10.6 Å². The summed E-state index contributed by atoms with van der Waals surface area (Å²) in [5, 5.41) is 6.70. The standard InChI is InChI=1S/C11H18N4O/c1-8-9(11(12)14-13-8)7-10(16)15-5-3-2-4-6-15/h2-7H2,1H3,(H3,12,13,14). The van der Waals surface area contributed by atoms with Crippen molar-refractivity contribution in [1.82, 2.24) is 15.1 Å². The van der Waals surface area contributed by atoms with Crippen LogP contribution in [-0.2, 0) is 11.2 Å². The number of hydrogen-bond acceptors (Lipinski definition) is 3. The van der Waals surface area contributed by atoms with Crippen molar-refractivity contribution in [3.8, 4) is 0 Å². The largest absolute Gasteiger partial charge is 0.382 e. The second kappa shape index (κ2) is 4.55. The van der Waals surface area contributed by atoms with Gasteiger partial charge in [0.2, 0.25) is 5.91 Å². The molecule has 88 valence electrons. The lowest BCUT2D eigenvalue weighted by Gasteiger charge is -2.26. The monoisotopic (exact) mass is 222 g/mol. The number of hydrogen-bond donors (Lipinski definition) is 2. The van der Waals surface area contributed by atoms with Crippen LogP contribution in [0.25, 0.3) is 0 Å². The van der Waals surface area contributed by atoms with Gasteiger partial charge in [-0.1, -0.05) is 0 Å². The van der Waals surface area contributed by atoms with Crippen LogP contribution in [0.3, 0.4) is 0 Å². The third-order valence-corrected chi connectivity index (χ3v) is 3.14. The van der Waals surface area contributed by atoms with Gasteiger partial charge in [-0.05, 0) is 26.2 Å². The molecule has 0 saturated carbocycles. The maximum Gasteiger partial charge on any atom is 0.227 e. The molecule has 0 radical (unpaired) electrons. The number of piperidine rings is 1. The second-order valence-electron chi connectivity index (χ2n) is 4.33. The fourth-order valence-corrected chi connectivity index (χ4v) is 2.10. The average Bonchev–Trinajstić information content (AvgIpc) is 2.62. The van der Waals surface area contributed by atoms with Crippen molar-refractivity contribution in [2.24, 2.45) is 0 Å². The summed E-state index contributed by atoms with van der Waals surface area (Å²) in [6.07, 6.45) is 3.84. The number of aromatic amines is 1. The zero-order valence-electron chi connectivity index (χ0n) is 9.62. The van der Waals surface area contributed by atoms with Gasteiger partial charge in [0.15, 0.2) is 0 Å². The molecule has 5 heteroatoms. The Balaban J connectivity index is 2.01. The molecule has 0 spiro atoms. The van der Waals surface area contributed by atoms with Crippen molar-refractivity contribution in [2.75, 3.05) is 18.8 Å². The smallest absolute Gasteiger partial charge is 0.227 e. The van der Waals surface area contributed by atoms with Gasteiger partial charge in [0, 0.05) is 24.3 Å². The van der Waals surface area contributed by atoms with Gasteiger partial charge in [-0.3, -0.25) is 9.89 Å². The zero-order chi connectivity index (χ0) is 11.5. The number of nitrogens with zero attached hydrogens (tertiary/aromatic N) is 2. The molecule has 2 rings (SSSR count). The number of nitrogens with two attached hydrogens (primary N) is 1. The first-order chi connectivity index (χ1) is 7.68. The lowest BCUT2D eigenvalue weighted by molar-refractivity contribution is -0.131. The van der Waals surface area contributed by atoms with Crippen LogP contribution in [0.4, 0.5) is 5.82 Å². The van der Waals surface area contributed by atoms with Crippen molar-refractivity contribution in [1.29, 1.82) is 0 Å². The zero-order valence-corrected chi connectivity index (χ0v) is 9.62. The molecule has 16 heavy (non-hydrogen) atoms. The minimum Gasteiger partial charge on any atom is -0.382 e. The van der Waals surface area contributed by atoms with Crippen LogP contribution in [-0.4, -0.2) is 34.1 Å². The Morgan fingerprint density at radius 1 is 1.44 bits per heavy atom. The molecule has 0 aliphatic carbocycles. The summed E-state index contributed by atoms with van der Waals surface area (Å²) in [7, 11) is 0. The highest BCUT2D eigenvalue weighted by Crippen LogP contribution is 2.16. The van der Waals surface area contributed by atoms with Crippen LogP contribution in [0.15, 0.2) is 0 Å². The summed E-state index contributed by atoms with van der Waals surface area (Å²) in [5.74, 6) is 0.610. The number of carbonyl (C=O) groups excluding carboxylic acids is 1. The topological polar surface area (TPSA) is 75.0 Å². The number of likely N-dealkylation sites (tertiary alicyclic amines) is 1. The van der Waals surface area contributed by atoms with Crippen molar-refractivity contribution in [3.05, 3.63) is 11.3 Å². The predicted octanol–water partition coefficient (Wildman–Crippen LogP) is 0.855. The second-order valence-corrected chi connectivity index (χ2v) is 4.33. The highest BCUT2D eigenvalue weighted by atomic mass is 16.2. The maximum absolute atomic E-state index is 12.0. The summed E-state index contributed by atoms with van der Waals surface area (Å²) in [6, 6.07) is 0. The first-order valence-corrected chi connectivity index (χ1v) is 5.75. The van der Waals surface area contributed by atoms with Crippen LogP contribution in [0.2, 0.25) is 0 Å². The minimum absolute atomic E-state index is 0.163. The predicted molar refractivity (Wildman–Crippen MR) is 61.9 cm³/mol. The first kappa shape index (κ1) is 11.0. The molecule has 1 aliphatic rings. The van der Waals surface area contributed by atoms with Crippen LogP contribution in [0.1, 0.15) is 30.5 Å². The first-order valence-electron chi connectivity index (χ1n) is 5.75. The number of nitrogen functional groups attached to an aromatic ring is 1. The van der Waals surface area contributed by atoms with Gasteiger partial charge in [-0.15, -0.1) is 0 Å². The van der Waals surface area contributed by atoms with E-state index in [0.717, 1.165) is 37.2 Å². The van der Waals surface area contributed by atoms with E-state index < -0.39 is 0 Å².